The van der Waals surface area contributed by atoms with Crippen LogP contribution < -0.4 is 9.64 Å². The molecular weight excluding hydrogens is 250 g/mol. The monoisotopic (exact) mass is 271 g/mol. The third kappa shape index (κ3) is 4.59. The third-order valence-corrected chi connectivity index (χ3v) is 2.98. The van der Waals surface area contributed by atoms with Crippen LogP contribution in [0.15, 0.2) is 60.7 Å². The number of hydrogen-bond acceptors (Lipinski definition) is 3. The van der Waals surface area contributed by atoms with E-state index in [1.807, 2.05) is 60.7 Å². The molecule has 1 N–H and O–H groups in total. The van der Waals surface area contributed by atoms with Gasteiger partial charge < -0.3 is 14.7 Å². The van der Waals surface area contributed by atoms with Gasteiger partial charge in [0.25, 0.3) is 0 Å². The number of ether oxygens (including phenoxy) is 1. The van der Waals surface area contributed by atoms with E-state index < -0.39 is 0 Å². The van der Waals surface area contributed by atoms with Crippen LogP contribution in [0.2, 0.25) is 0 Å². The van der Waals surface area contributed by atoms with Crippen molar-refractivity contribution in [1.82, 2.24) is 0 Å². The van der Waals surface area contributed by atoms with Crippen LogP contribution in [-0.2, 0) is 0 Å². The smallest absolute Gasteiger partial charge is 0.119 e. The number of para-hydroxylation sites is 2. The van der Waals surface area contributed by atoms with E-state index in [0.717, 1.165) is 18.0 Å². The van der Waals surface area contributed by atoms with Gasteiger partial charge in [-0.2, -0.15) is 0 Å². The molecule has 0 amide bonds. The van der Waals surface area contributed by atoms with E-state index in [1.54, 1.807) is 6.92 Å². The first-order valence-corrected chi connectivity index (χ1v) is 6.91. The first-order valence-electron chi connectivity index (χ1n) is 6.91. The molecule has 2 aromatic rings. The normalized spacial score (nSPS) is 11.9. The van der Waals surface area contributed by atoms with Crippen LogP contribution >= 0.6 is 0 Å². The van der Waals surface area contributed by atoms with E-state index in [-0.39, 0.29) is 6.10 Å². The molecule has 0 aliphatic heterocycles. The van der Waals surface area contributed by atoms with Crippen molar-refractivity contribution in [1.29, 1.82) is 0 Å². The molecule has 0 saturated carbocycles. The van der Waals surface area contributed by atoms with E-state index >= 15 is 0 Å². The van der Waals surface area contributed by atoms with Crippen LogP contribution in [0.25, 0.3) is 0 Å². The lowest BCUT2D eigenvalue weighted by molar-refractivity contribution is 0.197. The van der Waals surface area contributed by atoms with Gasteiger partial charge in [0, 0.05) is 12.2 Å². The Morgan fingerprint density at radius 2 is 1.60 bits per heavy atom. The summed E-state index contributed by atoms with van der Waals surface area (Å²) >= 11 is 0. The first kappa shape index (κ1) is 14.4. The minimum absolute atomic E-state index is 0.369. The Hall–Kier alpha value is -2.00. The van der Waals surface area contributed by atoms with E-state index in [9.17, 15) is 5.11 Å². The van der Waals surface area contributed by atoms with Crippen molar-refractivity contribution in [2.75, 3.05) is 24.6 Å². The molecule has 0 radical (unpaired) electrons. The van der Waals surface area contributed by atoms with Gasteiger partial charge in [0.1, 0.15) is 12.4 Å². The SMILES string of the molecule is CC(O)CN(CCOc1ccccc1)c1ccccc1. The van der Waals surface area contributed by atoms with Gasteiger partial charge in [-0.25, -0.2) is 0 Å². The summed E-state index contributed by atoms with van der Waals surface area (Å²) in [6, 6.07) is 19.9. The molecule has 0 aliphatic carbocycles. The summed E-state index contributed by atoms with van der Waals surface area (Å²) in [6.07, 6.45) is -0.369. The number of benzene rings is 2. The minimum atomic E-state index is -0.369. The maximum absolute atomic E-state index is 9.62. The zero-order valence-corrected chi connectivity index (χ0v) is 11.8. The van der Waals surface area contributed by atoms with Crippen molar-refractivity contribution in [3.05, 3.63) is 60.7 Å². The van der Waals surface area contributed by atoms with Crippen LogP contribution in [0.1, 0.15) is 6.92 Å². The van der Waals surface area contributed by atoms with Crippen molar-refractivity contribution < 1.29 is 9.84 Å². The summed E-state index contributed by atoms with van der Waals surface area (Å²) in [5.41, 5.74) is 1.10. The molecule has 0 fully saturated rings. The Morgan fingerprint density at radius 3 is 2.20 bits per heavy atom. The summed E-state index contributed by atoms with van der Waals surface area (Å²) < 4.78 is 5.72. The number of anilines is 1. The molecule has 0 saturated heterocycles. The average Bonchev–Trinajstić information content (AvgIpc) is 2.48. The number of aliphatic hydroxyl groups is 1. The highest BCUT2D eigenvalue weighted by molar-refractivity contribution is 5.46. The Labute approximate surface area is 120 Å². The van der Waals surface area contributed by atoms with Crippen molar-refractivity contribution >= 4 is 5.69 Å². The van der Waals surface area contributed by atoms with E-state index in [1.165, 1.54) is 0 Å². The molecule has 1 atom stereocenters. The van der Waals surface area contributed by atoms with Gasteiger partial charge in [-0.1, -0.05) is 36.4 Å². The molecular formula is C17H21NO2. The Morgan fingerprint density at radius 1 is 1.00 bits per heavy atom. The van der Waals surface area contributed by atoms with Crippen molar-refractivity contribution in [2.45, 2.75) is 13.0 Å². The molecule has 3 nitrogen and oxygen atoms in total. The van der Waals surface area contributed by atoms with E-state index in [0.29, 0.717) is 13.2 Å². The van der Waals surface area contributed by atoms with Gasteiger partial charge >= 0.3 is 0 Å². The highest BCUT2D eigenvalue weighted by Crippen LogP contribution is 2.14. The quantitative estimate of drug-likeness (QED) is 0.840. The lowest BCUT2D eigenvalue weighted by atomic mass is 10.2. The van der Waals surface area contributed by atoms with Crippen LogP contribution in [-0.4, -0.2) is 30.9 Å². The average molecular weight is 271 g/mol. The number of hydrogen-bond donors (Lipinski definition) is 1. The molecule has 3 heteroatoms. The van der Waals surface area contributed by atoms with Crippen molar-refractivity contribution in [3.63, 3.8) is 0 Å². The maximum Gasteiger partial charge on any atom is 0.119 e. The number of nitrogens with zero attached hydrogens (tertiary/aromatic N) is 1. The van der Waals surface area contributed by atoms with Crippen LogP contribution in [0, 0.1) is 0 Å². The fourth-order valence-corrected chi connectivity index (χ4v) is 2.07. The molecule has 106 valence electrons. The predicted molar refractivity (Wildman–Crippen MR) is 82.3 cm³/mol. The van der Waals surface area contributed by atoms with Gasteiger partial charge in [0.05, 0.1) is 12.6 Å². The van der Waals surface area contributed by atoms with Crippen LogP contribution in [0.3, 0.4) is 0 Å². The molecule has 2 rings (SSSR count). The molecule has 0 heterocycles. The fraction of sp³-hybridized carbons (Fsp3) is 0.294. The molecule has 20 heavy (non-hydrogen) atoms. The highest BCUT2D eigenvalue weighted by Gasteiger charge is 2.09. The summed E-state index contributed by atoms with van der Waals surface area (Å²) in [4.78, 5) is 2.13. The summed E-state index contributed by atoms with van der Waals surface area (Å²) in [5, 5.41) is 9.62. The van der Waals surface area contributed by atoms with Crippen molar-refractivity contribution in [3.8, 4) is 5.75 Å². The largest absolute Gasteiger partial charge is 0.492 e. The number of rotatable bonds is 7. The second kappa shape index (κ2) is 7.56. The summed E-state index contributed by atoms with van der Waals surface area (Å²) in [6.45, 7) is 3.73. The summed E-state index contributed by atoms with van der Waals surface area (Å²) in [7, 11) is 0. The van der Waals surface area contributed by atoms with Gasteiger partial charge in [0.15, 0.2) is 0 Å². The standard InChI is InChI=1S/C17H21NO2/c1-15(19)14-18(16-8-4-2-5-9-16)12-13-20-17-10-6-3-7-11-17/h2-11,15,19H,12-14H2,1H3. The van der Waals surface area contributed by atoms with Gasteiger partial charge in [-0.05, 0) is 31.2 Å². The Balaban J connectivity index is 1.91. The van der Waals surface area contributed by atoms with Crippen LogP contribution in [0.4, 0.5) is 5.69 Å². The first-order chi connectivity index (χ1) is 9.75. The summed E-state index contributed by atoms with van der Waals surface area (Å²) in [5.74, 6) is 0.873. The predicted octanol–water partition coefficient (Wildman–Crippen LogP) is 2.95. The highest BCUT2D eigenvalue weighted by atomic mass is 16.5. The van der Waals surface area contributed by atoms with E-state index in [2.05, 4.69) is 4.90 Å². The van der Waals surface area contributed by atoms with Gasteiger partial charge in [-0.15, -0.1) is 0 Å². The molecule has 0 bridgehead atoms. The number of aliphatic hydroxyl groups excluding tert-OH is 1. The second-order valence-electron chi connectivity index (χ2n) is 4.79. The molecule has 0 aromatic heterocycles. The molecule has 2 aromatic carbocycles. The zero-order valence-electron chi connectivity index (χ0n) is 11.8. The maximum atomic E-state index is 9.62. The second-order valence-corrected chi connectivity index (χ2v) is 4.79. The van der Waals surface area contributed by atoms with Gasteiger partial charge in [-0.3, -0.25) is 0 Å². The molecule has 0 spiro atoms. The lowest BCUT2D eigenvalue weighted by Gasteiger charge is -2.26. The fourth-order valence-electron chi connectivity index (χ4n) is 2.07. The zero-order chi connectivity index (χ0) is 14.2. The minimum Gasteiger partial charge on any atom is -0.492 e. The lowest BCUT2D eigenvalue weighted by Crippen LogP contribution is -2.34. The van der Waals surface area contributed by atoms with Crippen LogP contribution in [0.5, 0.6) is 5.75 Å². The van der Waals surface area contributed by atoms with E-state index in [4.69, 9.17) is 4.74 Å². The van der Waals surface area contributed by atoms with Gasteiger partial charge in [0.2, 0.25) is 0 Å². The molecule has 1 unspecified atom stereocenters. The third-order valence-electron chi connectivity index (χ3n) is 2.98. The Kier molecular flexibility index (Phi) is 5.44. The molecule has 0 aliphatic rings. The topological polar surface area (TPSA) is 32.7 Å². The Bertz CT molecular complexity index is 485. The van der Waals surface area contributed by atoms with Crippen molar-refractivity contribution in [2.24, 2.45) is 0 Å².